The SMILES string of the molecule is [Pd+2].[c-]1c(Oc2[c-]c3c(cc2)c2cccc4c5cccnc5n3c24)ccc2c1c1nc(-c3ccccc3)c(-c3ccccc3)n1c1ncccc21. The molecule has 50 heavy (non-hydrogen) atoms. The molecule has 0 amide bonds. The van der Waals surface area contributed by atoms with Gasteiger partial charge in [-0.2, -0.15) is 6.07 Å². The number of fused-ring (bicyclic) bond motifs is 12. The summed E-state index contributed by atoms with van der Waals surface area (Å²) in [7, 11) is 0. The third-order valence-electron chi connectivity index (χ3n) is 9.58. The van der Waals surface area contributed by atoms with Crippen molar-refractivity contribution in [2.24, 2.45) is 0 Å². The monoisotopic (exact) mass is 731 g/mol. The molecule has 0 saturated carbocycles. The van der Waals surface area contributed by atoms with E-state index in [-0.39, 0.29) is 20.4 Å². The normalized spacial score (nSPS) is 11.8. The first-order valence-electron chi connectivity index (χ1n) is 16.2. The molecule has 0 aliphatic rings. The van der Waals surface area contributed by atoms with Crippen molar-refractivity contribution >= 4 is 65.7 Å². The van der Waals surface area contributed by atoms with Gasteiger partial charge in [0.2, 0.25) is 0 Å². The van der Waals surface area contributed by atoms with Gasteiger partial charge in [-0.05, 0) is 29.0 Å². The van der Waals surface area contributed by atoms with Crippen molar-refractivity contribution in [1.29, 1.82) is 0 Å². The second-order valence-electron chi connectivity index (χ2n) is 12.3. The van der Waals surface area contributed by atoms with Crippen LogP contribution in [0.3, 0.4) is 0 Å². The van der Waals surface area contributed by atoms with Gasteiger partial charge in [0.15, 0.2) is 0 Å². The Hall–Kier alpha value is -6.13. The summed E-state index contributed by atoms with van der Waals surface area (Å²) in [5.41, 5.74) is 8.57. The van der Waals surface area contributed by atoms with Crippen molar-refractivity contribution in [3.63, 3.8) is 0 Å². The van der Waals surface area contributed by atoms with Gasteiger partial charge in [0.1, 0.15) is 11.3 Å². The van der Waals surface area contributed by atoms with E-state index in [4.69, 9.17) is 19.7 Å². The van der Waals surface area contributed by atoms with Gasteiger partial charge < -0.3 is 13.5 Å². The first kappa shape index (κ1) is 28.8. The first-order valence-corrected chi connectivity index (χ1v) is 16.2. The summed E-state index contributed by atoms with van der Waals surface area (Å²) in [6.45, 7) is 0. The van der Waals surface area contributed by atoms with E-state index in [0.717, 1.165) is 77.4 Å². The molecule has 0 atom stereocenters. The standard InChI is InChI=1S/C43H23N5O.Pd/c1-3-10-26(11-4-1)38-39(27-12-5-2-6-13-27)48-42-34(16-8-23-45-42)30-20-18-28(24-36(30)43(48)46-38)49-29-19-21-31-32-14-7-15-33-35-17-9-22-44-41(35)47(40(32)33)37(31)25-29;/h1-23H;/q-2;+2. The van der Waals surface area contributed by atoms with Crippen molar-refractivity contribution in [3.05, 3.63) is 152 Å². The number of rotatable bonds is 4. The van der Waals surface area contributed by atoms with E-state index >= 15 is 0 Å². The number of imidazole rings is 1. The Morgan fingerprint density at radius 1 is 0.480 bits per heavy atom. The summed E-state index contributed by atoms with van der Waals surface area (Å²) in [5, 5.41) is 7.48. The van der Waals surface area contributed by atoms with E-state index in [1.807, 2.05) is 60.9 Å². The smallest absolute Gasteiger partial charge is 0.503 e. The Labute approximate surface area is 299 Å². The van der Waals surface area contributed by atoms with Gasteiger partial charge in [0.05, 0.1) is 17.0 Å². The maximum atomic E-state index is 6.56. The molecular formula is C43H23N5OPd. The van der Waals surface area contributed by atoms with Crippen LogP contribution in [0.2, 0.25) is 0 Å². The second kappa shape index (κ2) is 10.9. The molecule has 7 heteroatoms. The molecule has 0 aliphatic carbocycles. The Morgan fingerprint density at radius 3 is 1.82 bits per heavy atom. The van der Waals surface area contributed by atoms with E-state index in [1.54, 1.807) is 0 Å². The summed E-state index contributed by atoms with van der Waals surface area (Å²) in [6, 6.07) is 50.7. The predicted molar refractivity (Wildman–Crippen MR) is 196 cm³/mol. The fourth-order valence-corrected chi connectivity index (χ4v) is 7.54. The molecule has 0 spiro atoms. The molecule has 0 fully saturated rings. The number of ether oxygens (including phenoxy) is 1. The van der Waals surface area contributed by atoms with Crippen LogP contribution in [0.5, 0.6) is 11.5 Å². The molecule has 5 aromatic carbocycles. The minimum atomic E-state index is 0. The second-order valence-corrected chi connectivity index (χ2v) is 12.3. The van der Waals surface area contributed by atoms with Crippen LogP contribution in [-0.4, -0.2) is 23.8 Å². The first-order chi connectivity index (χ1) is 24.3. The predicted octanol–water partition coefficient (Wildman–Crippen LogP) is 10.3. The summed E-state index contributed by atoms with van der Waals surface area (Å²) in [6.07, 6.45) is 3.68. The summed E-state index contributed by atoms with van der Waals surface area (Å²) in [5.74, 6) is 1.18. The van der Waals surface area contributed by atoms with Crippen LogP contribution in [0.25, 0.3) is 88.2 Å². The number of aromatic nitrogens is 5. The molecule has 0 aliphatic heterocycles. The van der Waals surface area contributed by atoms with E-state index in [2.05, 4.69) is 99.8 Å². The van der Waals surface area contributed by atoms with Crippen molar-refractivity contribution in [2.75, 3.05) is 0 Å². The summed E-state index contributed by atoms with van der Waals surface area (Å²) < 4.78 is 10.9. The van der Waals surface area contributed by atoms with Crippen LogP contribution in [0.15, 0.2) is 140 Å². The van der Waals surface area contributed by atoms with Gasteiger partial charge in [-0.25, -0.2) is 9.97 Å². The molecule has 6 aromatic heterocycles. The number of nitrogens with zero attached hydrogens (tertiary/aromatic N) is 5. The Balaban J connectivity index is 0.00000316. The van der Waals surface area contributed by atoms with Crippen LogP contribution in [0.4, 0.5) is 0 Å². The van der Waals surface area contributed by atoms with Crippen molar-refractivity contribution in [3.8, 4) is 34.0 Å². The minimum absolute atomic E-state index is 0. The fourth-order valence-electron chi connectivity index (χ4n) is 7.54. The number of hydrogen-bond acceptors (Lipinski definition) is 4. The maximum absolute atomic E-state index is 6.56. The summed E-state index contributed by atoms with van der Waals surface area (Å²) >= 11 is 0. The third-order valence-corrected chi connectivity index (χ3v) is 9.58. The largest absolute Gasteiger partial charge is 2.00 e. The van der Waals surface area contributed by atoms with Crippen molar-refractivity contribution < 1.29 is 25.2 Å². The van der Waals surface area contributed by atoms with E-state index in [9.17, 15) is 0 Å². The molecule has 11 aromatic rings. The summed E-state index contributed by atoms with van der Waals surface area (Å²) in [4.78, 5) is 15.0. The quantitative estimate of drug-likeness (QED) is 0.103. The van der Waals surface area contributed by atoms with Crippen molar-refractivity contribution in [1.82, 2.24) is 23.8 Å². The van der Waals surface area contributed by atoms with E-state index in [0.29, 0.717) is 11.5 Å². The molecule has 0 unspecified atom stereocenters. The Morgan fingerprint density at radius 2 is 1.08 bits per heavy atom. The third kappa shape index (κ3) is 4.02. The van der Waals surface area contributed by atoms with Crippen LogP contribution in [-0.2, 0) is 20.4 Å². The average Bonchev–Trinajstić information content (AvgIpc) is 3.84. The Bertz CT molecular complexity index is 3080. The van der Waals surface area contributed by atoms with Gasteiger partial charge in [0, 0.05) is 51.3 Å². The molecule has 6 nitrogen and oxygen atoms in total. The zero-order chi connectivity index (χ0) is 32.1. The molecule has 0 radical (unpaired) electrons. The topological polar surface area (TPSA) is 56.7 Å². The number of pyridine rings is 3. The van der Waals surface area contributed by atoms with Gasteiger partial charge in [-0.1, -0.05) is 107 Å². The van der Waals surface area contributed by atoms with Crippen molar-refractivity contribution in [2.45, 2.75) is 0 Å². The van der Waals surface area contributed by atoms with Gasteiger partial charge in [-0.3, -0.25) is 4.98 Å². The maximum Gasteiger partial charge on any atom is 2.00 e. The van der Waals surface area contributed by atoms with Crippen LogP contribution < -0.4 is 4.74 Å². The van der Waals surface area contributed by atoms with Crippen LogP contribution in [0, 0.1) is 12.1 Å². The van der Waals surface area contributed by atoms with E-state index in [1.165, 1.54) is 10.8 Å². The number of hydrogen-bond donors (Lipinski definition) is 0. The molecule has 11 rings (SSSR count). The fraction of sp³-hybridized carbons (Fsp3) is 0. The number of benzene rings is 5. The molecule has 236 valence electrons. The zero-order valence-electron chi connectivity index (χ0n) is 26.2. The van der Waals surface area contributed by atoms with Gasteiger partial charge in [-0.15, -0.1) is 29.7 Å². The van der Waals surface area contributed by atoms with E-state index < -0.39 is 0 Å². The molecule has 0 saturated heterocycles. The molecule has 0 N–H and O–H groups in total. The molecule has 0 bridgehead atoms. The Kier molecular flexibility index (Phi) is 6.31. The minimum Gasteiger partial charge on any atom is -0.503 e. The number of para-hydroxylation sites is 1. The van der Waals surface area contributed by atoms with Crippen LogP contribution >= 0.6 is 0 Å². The molecular weight excluding hydrogens is 709 g/mol. The molecule has 6 heterocycles. The van der Waals surface area contributed by atoms with Gasteiger partial charge in [0.25, 0.3) is 0 Å². The van der Waals surface area contributed by atoms with Crippen LogP contribution in [0.1, 0.15) is 0 Å². The average molecular weight is 732 g/mol. The van der Waals surface area contributed by atoms with Gasteiger partial charge >= 0.3 is 20.4 Å². The zero-order valence-corrected chi connectivity index (χ0v) is 27.8.